The van der Waals surface area contributed by atoms with Gasteiger partial charge < -0.3 is 15.8 Å². The van der Waals surface area contributed by atoms with E-state index >= 15 is 0 Å². The maximum absolute atomic E-state index is 5.68. The highest BCUT2D eigenvalue weighted by molar-refractivity contribution is 5.44. The fraction of sp³-hybridized carbons (Fsp3) is 0.286. The summed E-state index contributed by atoms with van der Waals surface area (Å²) in [5.74, 6) is 1.97. The summed E-state index contributed by atoms with van der Waals surface area (Å²) in [5, 5.41) is 3.32. The van der Waals surface area contributed by atoms with Crippen LogP contribution in [0, 0.1) is 6.92 Å². The molecule has 0 spiro atoms. The maximum Gasteiger partial charge on any atom is 0.218 e. The molecule has 3 N–H and O–H groups in total. The standard InChI is InChI=1S/C14H18N4O/c1-9(11-4-6-12(15)7-5-11)16-13-8-14(19-3)18-10(2)17-13/h4-9H,15H2,1-3H3,(H,16,17,18). The lowest BCUT2D eigenvalue weighted by Gasteiger charge is -2.15. The van der Waals surface area contributed by atoms with Gasteiger partial charge in [0, 0.05) is 17.8 Å². The molecule has 0 aliphatic heterocycles. The minimum Gasteiger partial charge on any atom is -0.481 e. The zero-order chi connectivity index (χ0) is 13.8. The van der Waals surface area contributed by atoms with E-state index in [1.807, 2.05) is 31.2 Å². The molecular weight excluding hydrogens is 240 g/mol. The van der Waals surface area contributed by atoms with Crippen LogP contribution < -0.4 is 15.8 Å². The third-order valence-corrected chi connectivity index (χ3v) is 2.82. The monoisotopic (exact) mass is 258 g/mol. The number of anilines is 2. The van der Waals surface area contributed by atoms with Crippen LogP contribution in [0.15, 0.2) is 30.3 Å². The van der Waals surface area contributed by atoms with Crippen molar-refractivity contribution in [2.45, 2.75) is 19.9 Å². The molecule has 0 aliphatic rings. The van der Waals surface area contributed by atoms with Crippen LogP contribution in [0.5, 0.6) is 5.88 Å². The first-order valence-electron chi connectivity index (χ1n) is 6.10. The second kappa shape index (κ2) is 5.56. The Morgan fingerprint density at radius 3 is 2.53 bits per heavy atom. The van der Waals surface area contributed by atoms with E-state index in [1.54, 1.807) is 13.2 Å². The average Bonchev–Trinajstić information content (AvgIpc) is 2.38. The predicted molar refractivity (Wildman–Crippen MR) is 76.2 cm³/mol. The molecule has 100 valence electrons. The Morgan fingerprint density at radius 2 is 1.89 bits per heavy atom. The van der Waals surface area contributed by atoms with E-state index in [0.29, 0.717) is 11.7 Å². The first kappa shape index (κ1) is 13.1. The van der Waals surface area contributed by atoms with Crippen LogP contribution in [0.1, 0.15) is 24.4 Å². The van der Waals surface area contributed by atoms with Gasteiger partial charge in [0.05, 0.1) is 7.11 Å². The molecule has 5 heteroatoms. The lowest BCUT2D eigenvalue weighted by atomic mass is 10.1. The van der Waals surface area contributed by atoms with Crippen LogP contribution in [0.4, 0.5) is 11.5 Å². The predicted octanol–water partition coefficient (Wildman–Crippen LogP) is 2.55. The topological polar surface area (TPSA) is 73.1 Å². The number of nitrogens with one attached hydrogen (secondary N) is 1. The van der Waals surface area contributed by atoms with E-state index in [4.69, 9.17) is 10.5 Å². The third kappa shape index (κ3) is 3.34. The molecule has 1 aromatic carbocycles. The molecule has 0 saturated heterocycles. The number of aromatic nitrogens is 2. The van der Waals surface area contributed by atoms with Crippen LogP contribution in [0.2, 0.25) is 0 Å². The van der Waals surface area contributed by atoms with Gasteiger partial charge in [-0.25, -0.2) is 4.98 Å². The van der Waals surface area contributed by atoms with Crippen LogP contribution in [0.3, 0.4) is 0 Å². The molecule has 1 aromatic heterocycles. The van der Waals surface area contributed by atoms with Crippen molar-refractivity contribution in [3.63, 3.8) is 0 Å². The Labute approximate surface area is 112 Å². The Hall–Kier alpha value is -2.30. The van der Waals surface area contributed by atoms with Crippen molar-refractivity contribution in [2.75, 3.05) is 18.2 Å². The van der Waals surface area contributed by atoms with Crippen molar-refractivity contribution in [3.8, 4) is 5.88 Å². The summed E-state index contributed by atoms with van der Waals surface area (Å²) in [5.41, 5.74) is 7.58. The molecule has 1 heterocycles. The number of ether oxygens (including phenoxy) is 1. The summed E-state index contributed by atoms with van der Waals surface area (Å²) in [6.45, 7) is 3.90. The average molecular weight is 258 g/mol. The number of nitrogen functional groups attached to an aromatic ring is 1. The summed E-state index contributed by atoms with van der Waals surface area (Å²) in [7, 11) is 1.59. The summed E-state index contributed by atoms with van der Waals surface area (Å²) in [6.07, 6.45) is 0. The highest BCUT2D eigenvalue weighted by Crippen LogP contribution is 2.21. The molecule has 0 fully saturated rings. The Bertz CT molecular complexity index is 554. The van der Waals surface area contributed by atoms with Crippen LogP contribution in [-0.4, -0.2) is 17.1 Å². The lowest BCUT2D eigenvalue weighted by Crippen LogP contribution is -2.09. The van der Waals surface area contributed by atoms with Crippen LogP contribution in [-0.2, 0) is 0 Å². The molecular formula is C14H18N4O. The number of aryl methyl sites for hydroxylation is 1. The number of nitrogens with two attached hydrogens (primary N) is 1. The highest BCUT2D eigenvalue weighted by Gasteiger charge is 2.08. The van der Waals surface area contributed by atoms with Gasteiger partial charge in [-0.2, -0.15) is 4.98 Å². The molecule has 5 nitrogen and oxygen atoms in total. The van der Waals surface area contributed by atoms with E-state index in [1.165, 1.54) is 0 Å². The number of methoxy groups -OCH3 is 1. The van der Waals surface area contributed by atoms with Crippen molar-refractivity contribution < 1.29 is 4.74 Å². The van der Waals surface area contributed by atoms with Crippen molar-refractivity contribution in [2.24, 2.45) is 0 Å². The Morgan fingerprint density at radius 1 is 1.21 bits per heavy atom. The van der Waals surface area contributed by atoms with Gasteiger partial charge in [-0.05, 0) is 31.5 Å². The number of hydrogen-bond acceptors (Lipinski definition) is 5. The van der Waals surface area contributed by atoms with Crippen molar-refractivity contribution in [1.29, 1.82) is 0 Å². The summed E-state index contributed by atoms with van der Waals surface area (Å²) < 4.78 is 5.13. The van der Waals surface area contributed by atoms with Crippen LogP contribution in [0.25, 0.3) is 0 Å². The molecule has 0 saturated carbocycles. The zero-order valence-corrected chi connectivity index (χ0v) is 11.3. The van der Waals surface area contributed by atoms with E-state index in [0.717, 1.165) is 17.1 Å². The zero-order valence-electron chi connectivity index (χ0n) is 11.3. The maximum atomic E-state index is 5.68. The quantitative estimate of drug-likeness (QED) is 0.824. The van der Waals surface area contributed by atoms with Gasteiger partial charge >= 0.3 is 0 Å². The van der Waals surface area contributed by atoms with Gasteiger partial charge in [-0.15, -0.1) is 0 Å². The fourth-order valence-electron chi connectivity index (χ4n) is 1.81. The van der Waals surface area contributed by atoms with Gasteiger partial charge in [0.2, 0.25) is 5.88 Å². The Kier molecular flexibility index (Phi) is 3.85. The first-order valence-corrected chi connectivity index (χ1v) is 6.10. The Balaban J connectivity index is 2.16. The summed E-state index contributed by atoms with van der Waals surface area (Å²) in [4.78, 5) is 8.49. The van der Waals surface area contributed by atoms with Crippen LogP contribution >= 0.6 is 0 Å². The van der Waals surface area contributed by atoms with Gasteiger partial charge in [-0.1, -0.05) is 12.1 Å². The summed E-state index contributed by atoms with van der Waals surface area (Å²) >= 11 is 0. The number of rotatable bonds is 4. The number of benzene rings is 1. The SMILES string of the molecule is COc1cc(NC(C)c2ccc(N)cc2)nc(C)n1. The molecule has 19 heavy (non-hydrogen) atoms. The van der Waals surface area contributed by atoms with Crippen molar-refractivity contribution >= 4 is 11.5 Å². The van der Waals surface area contributed by atoms with Gasteiger partial charge in [0.15, 0.2) is 0 Å². The van der Waals surface area contributed by atoms with E-state index in [-0.39, 0.29) is 6.04 Å². The summed E-state index contributed by atoms with van der Waals surface area (Å²) in [6, 6.07) is 9.68. The van der Waals surface area contributed by atoms with Gasteiger partial charge in [0.1, 0.15) is 11.6 Å². The smallest absolute Gasteiger partial charge is 0.218 e. The molecule has 0 amide bonds. The van der Waals surface area contributed by atoms with E-state index in [9.17, 15) is 0 Å². The molecule has 1 unspecified atom stereocenters. The number of nitrogens with zero attached hydrogens (tertiary/aromatic N) is 2. The molecule has 0 radical (unpaired) electrons. The largest absolute Gasteiger partial charge is 0.481 e. The second-order valence-corrected chi connectivity index (χ2v) is 4.38. The molecule has 1 atom stereocenters. The van der Waals surface area contributed by atoms with E-state index < -0.39 is 0 Å². The second-order valence-electron chi connectivity index (χ2n) is 4.38. The fourth-order valence-corrected chi connectivity index (χ4v) is 1.81. The van der Waals surface area contributed by atoms with Gasteiger partial charge in [0.25, 0.3) is 0 Å². The van der Waals surface area contributed by atoms with Crippen molar-refractivity contribution in [1.82, 2.24) is 9.97 Å². The normalized spacial score (nSPS) is 11.9. The third-order valence-electron chi connectivity index (χ3n) is 2.82. The molecule has 0 bridgehead atoms. The van der Waals surface area contributed by atoms with Crippen molar-refractivity contribution in [3.05, 3.63) is 41.7 Å². The first-order chi connectivity index (χ1) is 9.08. The van der Waals surface area contributed by atoms with E-state index in [2.05, 4.69) is 22.2 Å². The molecule has 2 rings (SSSR count). The molecule has 0 aliphatic carbocycles. The number of hydrogen-bond donors (Lipinski definition) is 2. The molecule has 2 aromatic rings. The van der Waals surface area contributed by atoms with Gasteiger partial charge in [-0.3, -0.25) is 0 Å². The lowest BCUT2D eigenvalue weighted by molar-refractivity contribution is 0.396. The minimum atomic E-state index is 0.125. The highest BCUT2D eigenvalue weighted by atomic mass is 16.5. The minimum absolute atomic E-state index is 0.125.